The van der Waals surface area contributed by atoms with E-state index in [0.717, 1.165) is 5.56 Å². The fraction of sp³-hybridized carbons (Fsp3) is 0.241. The molecule has 3 aromatic rings. The summed E-state index contributed by atoms with van der Waals surface area (Å²) in [5, 5.41) is 11.6. The summed E-state index contributed by atoms with van der Waals surface area (Å²) >= 11 is 6.29. The lowest BCUT2D eigenvalue weighted by molar-refractivity contribution is -0.132. The van der Waals surface area contributed by atoms with Gasteiger partial charge >= 0.3 is 0 Å². The van der Waals surface area contributed by atoms with Gasteiger partial charge in [-0.15, -0.1) is 0 Å². The van der Waals surface area contributed by atoms with E-state index in [1.54, 1.807) is 42.5 Å². The normalized spacial score (nSPS) is 16.8. The van der Waals surface area contributed by atoms with Crippen LogP contribution in [0.25, 0.3) is 5.76 Å². The van der Waals surface area contributed by atoms with Crippen LogP contribution in [-0.4, -0.2) is 38.1 Å². The second kappa shape index (κ2) is 10.6. The summed E-state index contributed by atoms with van der Waals surface area (Å²) in [6.45, 7) is 4.15. The number of carbonyl (C=O) groups excluding carboxylic acids is 2. The number of ether oxygens (including phenoxy) is 3. The first-order valence-electron chi connectivity index (χ1n) is 11.7. The molecule has 0 spiro atoms. The van der Waals surface area contributed by atoms with Crippen LogP contribution in [0.4, 0.5) is 5.69 Å². The van der Waals surface area contributed by atoms with Gasteiger partial charge in [-0.2, -0.15) is 0 Å². The summed E-state index contributed by atoms with van der Waals surface area (Å²) in [6, 6.07) is 16.3. The maximum absolute atomic E-state index is 13.4. The van der Waals surface area contributed by atoms with E-state index in [1.807, 2.05) is 12.1 Å². The van der Waals surface area contributed by atoms with Gasteiger partial charge in [0.05, 0.1) is 38.0 Å². The highest BCUT2D eigenvalue weighted by atomic mass is 35.5. The minimum atomic E-state index is -0.925. The molecule has 0 aliphatic carbocycles. The molecule has 1 aliphatic rings. The molecule has 37 heavy (non-hydrogen) atoms. The Morgan fingerprint density at radius 2 is 1.49 bits per heavy atom. The van der Waals surface area contributed by atoms with Crippen LogP contribution >= 0.6 is 11.6 Å². The first-order valence-corrected chi connectivity index (χ1v) is 12.1. The number of carbonyl (C=O) groups is 2. The second-order valence-corrected chi connectivity index (χ2v) is 9.29. The quantitative estimate of drug-likeness (QED) is 0.229. The van der Waals surface area contributed by atoms with Crippen molar-refractivity contribution in [2.45, 2.75) is 25.8 Å². The fourth-order valence-electron chi connectivity index (χ4n) is 4.43. The molecule has 1 fully saturated rings. The van der Waals surface area contributed by atoms with Gasteiger partial charge in [0.2, 0.25) is 0 Å². The van der Waals surface area contributed by atoms with E-state index in [2.05, 4.69) is 13.8 Å². The Kier molecular flexibility index (Phi) is 7.45. The van der Waals surface area contributed by atoms with Gasteiger partial charge in [-0.1, -0.05) is 43.6 Å². The van der Waals surface area contributed by atoms with Crippen molar-refractivity contribution in [3.63, 3.8) is 0 Å². The number of Topliss-reactive ketones (excluding diaryl/α,β-unsaturated/α-hetero) is 1. The molecule has 7 nitrogen and oxygen atoms in total. The topological polar surface area (TPSA) is 85.3 Å². The molecule has 8 heteroatoms. The second-order valence-electron chi connectivity index (χ2n) is 8.88. The average Bonchev–Trinajstić information content (AvgIpc) is 3.17. The molecule has 3 aromatic carbocycles. The largest absolute Gasteiger partial charge is 0.507 e. The maximum Gasteiger partial charge on any atom is 0.300 e. The molecular weight excluding hydrogens is 494 g/mol. The van der Waals surface area contributed by atoms with Crippen molar-refractivity contribution in [3.8, 4) is 17.2 Å². The molecule has 192 valence electrons. The zero-order valence-electron chi connectivity index (χ0n) is 21.2. The molecule has 1 aliphatic heterocycles. The lowest BCUT2D eigenvalue weighted by atomic mass is 9.94. The number of aliphatic hydroxyl groups is 1. The highest BCUT2D eigenvalue weighted by Crippen LogP contribution is 2.44. The van der Waals surface area contributed by atoms with E-state index >= 15 is 0 Å². The highest BCUT2D eigenvalue weighted by molar-refractivity contribution is 6.51. The Bertz CT molecular complexity index is 1380. The van der Waals surface area contributed by atoms with Crippen LogP contribution in [0.2, 0.25) is 5.02 Å². The number of halogens is 1. The van der Waals surface area contributed by atoms with Gasteiger partial charge < -0.3 is 19.3 Å². The number of hydrogen-bond acceptors (Lipinski definition) is 6. The van der Waals surface area contributed by atoms with Crippen LogP contribution < -0.4 is 19.1 Å². The third-order valence-corrected chi connectivity index (χ3v) is 6.73. The average molecular weight is 522 g/mol. The summed E-state index contributed by atoms with van der Waals surface area (Å²) in [7, 11) is 4.50. The minimum absolute atomic E-state index is 0.0635. The minimum Gasteiger partial charge on any atom is -0.507 e. The molecular formula is C29H28ClNO6. The van der Waals surface area contributed by atoms with Crippen LogP contribution in [0.5, 0.6) is 17.2 Å². The van der Waals surface area contributed by atoms with Crippen LogP contribution in [0.1, 0.15) is 42.5 Å². The first-order chi connectivity index (χ1) is 17.7. The molecule has 0 bridgehead atoms. The third-order valence-electron chi connectivity index (χ3n) is 6.43. The van der Waals surface area contributed by atoms with Crippen molar-refractivity contribution in [1.29, 1.82) is 0 Å². The molecule has 0 radical (unpaired) electrons. The van der Waals surface area contributed by atoms with E-state index < -0.39 is 17.7 Å². The van der Waals surface area contributed by atoms with Gasteiger partial charge in [-0.05, 0) is 59.5 Å². The Labute approximate surface area is 220 Å². The molecule has 1 N–H and O–H groups in total. The number of ketones is 1. The lowest BCUT2D eigenvalue weighted by Gasteiger charge is -2.26. The molecule has 1 saturated heterocycles. The van der Waals surface area contributed by atoms with E-state index in [9.17, 15) is 14.7 Å². The predicted octanol–water partition coefficient (Wildman–Crippen LogP) is 6.12. The third kappa shape index (κ3) is 4.74. The monoisotopic (exact) mass is 521 g/mol. The smallest absolute Gasteiger partial charge is 0.300 e. The van der Waals surface area contributed by atoms with E-state index in [1.165, 1.54) is 32.3 Å². The van der Waals surface area contributed by atoms with Gasteiger partial charge in [0.15, 0.2) is 11.5 Å². The first kappa shape index (κ1) is 26.1. The molecule has 0 saturated carbocycles. The Morgan fingerprint density at radius 3 is 2.05 bits per heavy atom. The summed E-state index contributed by atoms with van der Waals surface area (Å²) in [6.07, 6.45) is 0. The molecule has 4 rings (SSSR count). The summed E-state index contributed by atoms with van der Waals surface area (Å²) in [5.74, 6) is -0.273. The SMILES string of the molecule is COc1ccc(/C(O)=C2/C(=O)C(=O)N(c3ccc(C(C)C)cc3)C2c2ccc(OC)c(OC)c2)cc1Cl. The number of rotatable bonds is 7. The van der Waals surface area contributed by atoms with Gasteiger partial charge in [-0.3, -0.25) is 14.5 Å². The van der Waals surface area contributed by atoms with E-state index in [0.29, 0.717) is 34.4 Å². The van der Waals surface area contributed by atoms with E-state index in [-0.39, 0.29) is 21.9 Å². The number of amides is 1. The molecule has 1 atom stereocenters. The summed E-state index contributed by atoms with van der Waals surface area (Å²) < 4.78 is 16.0. The van der Waals surface area contributed by atoms with E-state index in [4.69, 9.17) is 25.8 Å². The lowest BCUT2D eigenvalue weighted by Crippen LogP contribution is -2.29. The van der Waals surface area contributed by atoms with Gasteiger partial charge in [-0.25, -0.2) is 0 Å². The summed E-state index contributed by atoms with van der Waals surface area (Å²) in [4.78, 5) is 28.2. The van der Waals surface area contributed by atoms with Gasteiger partial charge in [0.25, 0.3) is 11.7 Å². The molecule has 1 amide bonds. The van der Waals surface area contributed by atoms with Crippen LogP contribution in [0, 0.1) is 0 Å². The van der Waals surface area contributed by atoms with Crippen molar-refractivity contribution in [1.82, 2.24) is 0 Å². The Hall–Kier alpha value is -3.97. The van der Waals surface area contributed by atoms with Crippen molar-refractivity contribution in [2.75, 3.05) is 26.2 Å². The van der Waals surface area contributed by atoms with Crippen molar-refractivity contribution < 1.29 is 28.9 Å². The number of nitrogens with zero attached hydrogens (tertiary/aromatic N) is 1. The predicted molar refractivity (Wildman–Crippen MR) is 143 cm³/mol. The fourth-order valence-corrected chi connectivity index (χ4v) is 4.68. The van der Waals surface area contributed by atoms with Crippen LogP contribution in [0.3, 0.4) is 0 Å². The number of hydrogen-bond donors (Lipinski definition) is 1. The Morgan fingerprint density at radius 1 is 0.865 bits per heavy atom. The molecule has 1 unspecified atom stereocenters. The Balaban J connectivity index is 1.94. The van der Waals surface area contributed by atoms with Crippen LogP contribution in [-0.2, 0) is 9.59 Å². The summed E-state index contributed by atoms with van der Waals surface area (Å²) in [5.41, 5.74) is 2.40. The zero-order chi connectivity index (χ0) is 26.9. The van der Waals surface area contributed by atoms with Gasteiger partial charge in [0.1, 0.15) is 11.5 Å². The highest BCUT2D eigenvalue weighted by Gasteiger charge is 2.47. The maximum atomic E-state index is 13.4. The molecule has 1 heterocycles. The number of benzene rings is 3. The van der Waals surface area contributed by atoms with Crippen molar-refractivity contribution in [2.24, 2.45) is 0 Å². The van der Waals surface area contributed by atoms with Gasteiger partial charge in [0, 0.05) is 11.3 Å². The number of aliphatic hydroxyl groups excluding tert-OH is 1. The number of methoxy groups -OCH3 is 3. The van der Waals surface area contributed by atoms with Crippen molar-refractivity contribution >= 4 is 34.7 Å². The number of anilines is 1. The van der Waals surface area contributed by atoms with Crippen molar-refractivity contribution in [3.05, 3.63) is 87.9 Å². The standard InChI is InChI=1S/C29H28ClNO6/c1-16(2)17-6-10-20(11-7-17)31-26(18-8-13-23(36-4)24(15-18)37-5)25(28(33)29(31)34)27(32)19-9-12-22(35-3)21(30)14-19/h6-16,26,32H,1-5H3/b27-25-. The van der Waals surface area contributed by atoms with Crippen LogP contribution in [0.15, 0.2) is 66.2 Å². The molecule has 0 aromatic heterocycles. The zero-order valence-corrected chi connectivity index (χ0v) is 22.0.